The van der Waals surface area contributed by atoms with E-state index >= 15 is 0 Å². The summed E-state index contributed by atoms with van der Waals surface area (Å²) >= 11 is 0. The number of fused-ring (bicyclic) bond motifs is 1. The molecule has 142 valence electrons. The van der Waals surface area contributed by atoms with Crippen LogP contribution in [0.3, 0.4) is 0 Å². The third-order valence-electron chi connectivity index (χ3n) is 4.91. The Morgan fingerprint density at radius 3 is 2.64 bits per heavy atom. The zero-order chi connectivity index (χ0) is 19.3. The summed E-state index contributed by atoms with van der Waals surface area (Å²) in [6.07, 6.45) is 8.53. The van der Waals surface area contributed by atoms with Crippen LogP contribution in [0, 0.1) is 0 Å². The molecule has 0 aromatic heterocycles. The maximum atomic E-state index is 5.79. The molecule has 0 aliphatic carbocycles. The second-order valence-corrected chi connectivity index (χ2v) is 6.66. The van der Waals surface area contributed by atoms with Crippen LogP contribution in [0.5, 0.6) is 11.5 Å². The monoisotopic (exact) mass is 372 g/mol. The van der Waals surface area contributed by atoms with Gasteiger partial charge in [0.15, 0.2) is 11.5 Å². The molecule has 1 fully saturated rings. The first-order valence-electron chi connectivity index (χ1n) is 9.57. The smallest absolute Gasteiger partial charge is 0.163 e. The molecule has 2 aromatic rings. The summed E-state index contributed by atoms with van der Waals surface area (Å²) in [5.41, 5.74) is 3.26. The van der Waals surface area contributed by atoms with Gasteiger partial charge in [0, 0.05) is 18.2 Å². The van der Waals surface area contributed by atoms with E-state index in [-0.39, 0.29) is 6.04 Å². The predicted octanol–water partition coefficient (Wildman–Crippen LogP) is 5.45. The Morgan fingerprint density at radius 1 is 1.11 bits per heavy atom. The average molecular weight is 372 g/mol. The van der Waals surface area contributed by atoms with E-state index in [0.29, 0.717) is 13.2 Å². The lowest BCUT2D eigenvalue weighted by molar-refractivity contribution is 0.171. The van der Waals surface area contributed by atoms with Gasteiger partial charge in [-0.05, 0) is 30.7 Å². The Morgan fingerprint density at radius 2 is 1.89 bits per heavy atom. The molecule has 2 aromatic carbocycles. The lowest BCUT2D eigenvalue weighted by Crippen LogP contribution is -2.47. The van der Waals surface area contributed by atoms with Crippen molar-refractivity contribution in [2.45, 2.75) is 19.4 Å². The summed E-state index contributed by atoms with van der Waals surface area (Å²) in [7, 11) is 0. The van der Waals surface area contributed by atoms with Crippen LogP contribution >= 0.6 is 0 Å². The first kappa shape index (κ1) is 18.1. The first-order chi connectivity index (χ1) is 13.8. The Balaban J connectivity index is 1.70. The van der Waals surface area contributed by atoms with Gasteiger partial charge < -0.3 is 14.4 Å². The van der Waals surface area contributed by atoms with Crippen molar-refractivity contribution in [3.63, 3.8) is 0 Å². The molecule has 0 spiro atoms. The number of amidine groups is 1. The zero-order valence-corrected chi connectivity index (χ0v) is 16.0. The molecular weight excluding hydrogens is 348 g/mol. The van der Waals surface area contributed by atoms with Crippen molar-refractivity contribution in [3.8, 4) is 11.5 Å². The molecule has 2 heterocycles. The Bertz CT molecular complexity index is 944. The minimum Gasteiger partial charge on any atom is -0.486 e. The van der Waals surface area contributed by atoms with Crippen molar-refractivity contribution >= 4 is 11.5 Å². The van der Waals surface area contributed by atoms with Gasteiger partial charge in [0.05, 0.1) is 11.7 Å². The number of anilines is 1. The first-order valence-corrected chi connectivity index (χ1v) is 9.57. The highest BCUT2D eigenvalue weighted by Gasteiger charge is 2.37. The van der Waals surface area contributed by atoms with Gasteiger partial charge in [0.2, 0.25) is 0 Å². The fourth-order valence-electron chi connectivity index (χ4n) is 3.50. The second kappa shape index (κ2) is 8.17. The number of ether oxygens (including phenoxy) is 2. The molecule has 0 saturated carbocycles. The van der Waals surface area contributed by atoms with E-state index in [9.17, 15) is 0 Å². The standard InChI is InChI=1S/C24H24N2O2/c1-3-5-11-19(4-2)25-24-17-21(18-9-7-6-8-10-18)26(24)20-12-13-22-23(16-20)28-15-14-27-22/h3-13,16,21H,1,14-15,17H2,2H3/b11-5-,19-4+,25-24?. The van der Waals surface area contributed by atoms with Crippen molar-refractivity contribution in [1.82, 2.24) is 0 Å². The molecule has 0 N–H and O–H groups in total. The lowest BCUT2D eigenvalue weighted by Gasteiger charge is -2.44. The zero-order valence-electron chi connectivity index (χ0n) is 16.0. The molecule has 0 radical (unpaired) electrons. The quantitative estimate of drug-likeness (QED) is 0.654. The minimum absolute atomic E-state index is 0.254. The molecule has 4 rings (SSSR count). The average Bonchev–Trinajstić information content (AvgIpc) is 2.73. The lowest BCUT2D eigenvalue weighted by atomic mass is 9.92. The SMILES string of the molecule is C=C/C=C\C(=C/C)N=C1CC(c2ccccc2)N1c1ccc2c(c1)OCCO2. The highest BCUT2D eigenvalue weighted by atomic mass is 16.6. The van der Waals surface area contributed by atoms with E-state index in [1.807, 2.05) is 43.4 Å². The van der Waals surface area contributed by atoms with Crippen LogP contribution in [-0.2, 0) is 0 Å². The summed E-state index contributed by atoms with van der Waals surface area (Å²) in [5, 5.41) is 0. The van der Waals surface area contributed by atoms with Crippen LogP contribution in [0.15, 0.2) is 90.1 Å². The molecular formula is C24H24N2O2. The maximum absolute atomic E-state index is 5.79. The van der Waals surface area contributed by atoms with Gasteiger partial charge in [0.1, 0.15) is 19.0 Å². The molecule has 2 aliphatic rings. The van der Waals surface area contributed by atoms with Crippen LogP contribution in [0.1, 0.15) is 24.9 Å². The van der Waals surface area contributed by atoms with E-state index in [4.69, 9.17) is 14.5 Å². The number of hydrogen-bond donors (Lipinski definition) is 0. The molecule has 1 unspecified atom stereocenters. The Labute approximate surface area is 166 Å². The van der Waals surface area contributed by atoms with Crippen LogP contribution in [0.2, 0.25) is 0 Å². The summed E-state index contributed by atoms with van der Waals surface area (Å²) in [6.45, 7) is 6.90. The van der Waals surface area contributed by atoms with Gasteiger partial charge in [0.25, 0.3) is 0 Å². The van der Waals surface area contributed by atoms with E-state index in [2.05, 4.69) is 41.8 Å². The van der Waals surface area contributed by atoms with Gasteiger partial charge in [-0.2, -0.15) is 0 Å². The largest absolute Gasteiger partial charge is 0.486 e. The normalized spacial score (nSPS) is 20.3. The summed E-state index contributed by atoms with van der Waals surface area (Å²) in [6, 6.07) is 16.9. The highest BCUT2D eigenvalue weighted by molar-refractivity contribution is 6.06. The van der Waals surface area contributed by atoms with Crippen LogP contribution in [0.25, 0.3) is 0 Å². The van der Waals surface area contributed by atoms with E-state index in [1.54, 1.807) is 6.08 Å². The number of aliphatic imine (C=N–C) groups is 1. The molecule has 1 saturated heterocycles. The predicted molar refractivity (Wildman–Crippen MR) is 114 cm³/mol. The fraction of sp³-hybridized carbons (Fsp3) is 0.208. The minimum atomic E-state index is 0.254. The molecule has 2 aliphatic heterocycles. The summed E-state index contributed by atoms with van der Waals surface area (Å²) in [4.78, 5) is 7.16. The maximum Gasteiger partial charge on any atom is 0.163 e. The molecule has 1 atom stereocenters. The van der Waals surface area contributed by atoms with Crippen LogP contribution < -0.4 is 14.4 Å². The van der Waals surface area contributed by atoms with Gasteiger partial charge >= 0.3 is 0 Å². The fourth-order valence-corrected chi connectivity index (χ4v) is 3.50. The number of nitrogens with zero attached hydrogens (tertiary/aromatic N) is 2. The summed E-state index contributed by atoms with van der Waals surface area (Å²) < 4.78 is 11.5. The Kier molecular flexibility index (Phi) is 5.29. The Hall–Kier alpha value is -3.27. The third-order valence-corrected chi connectivity index (χ3v) is 4.91. The molecule has 4 nitrogen and oxygen atoms in total. The number of benzene rings is 2. The number of rotatable bonds is 5. The van der Waals surface area contributed by atoms with Crippen molar-refractivity contribution in [2.24, 2.45) is 4.99 Å². The van der Waals surface area contributed by atoms with Crippen molar-refractivity contribution in [2.75, 3.05) is 18.1 Å². The van der Waals surface area contributed by atoms with Gasteiger partial charge in [-0.1, -0.05) is 55.1 Å². The van der Waals surface area contributed by atoms with Crippen LogP contribution in [-0.4, -0.2) is 19.0 Å². The van der Waals surface area contributed by atoms with Gasteiger partial charge in [-0.15, -0.1) is 0 Å². The van der Waals surface area contributed by atoms with Crippen LogP contribution in [0.4, 0.5) is 5.69 Å². The van der Waals surface area contributed by atoms with Crippen molar-refractivity contribution in [1.29, 1.82) is 0 Å². The third kappa shape index (κ3) is 3.58. The molecule has 4 heteroatoms. The summed E-state index contributed by atoms with van der Waals surface area (Å²) in [5.74, 6) is 2.63. The van der Waals surface area contributed by atoms with Gasteiger partial charge in [-0.3, -0.25) is 0 Å². The van der Waals surface area contributed by atoms with E-state index in [1.165, 1.54) is 5.56 Å². The molecule has 28 heavy (non-hydrogen) atoms. The van der Waals surface area contributed by atoms with Gasteiger partial charge in [-0.25, -0.2) is 4.99 Å². The number of hydrogen-bond acceptors (Lipinski definition) is 3. The van der Waals surface area contributed by atoms with E-state index in [0.717, 1.165) is 35.1 Å². The molecule has 0 bridgehead atoms. The van der Waals surface area contributed by atoms with Crippen molar-refractivity contribution < 1.29 is 9.47 Å². The highest BCUT2D eigenvalue weighted by Crippen LogP contribution is 2.43. The second-order valence-electron chi connectivity index (χ2n) is 6.66. The topological polar surface area (TPSA) is 34.1 Å². The number of allylic oxidation sites excluding steroid dienone is 4. The van der Waals surface area contributed by atoms with Crippen molar-refractivity contribution in [3.05, 3.63) is 90.7 Å². The van der Waals surface area contributed by atoms with E-state index < -0.39 is 0 Å². The molecule has 0 amide bonds.